The maximum atomic E-state index is 14.3. The molecule has 0 spiro atoms. The van der Waals surface area contributed by atoms with Crippen LogP contribution in [0.5, 0.6) is 5.75 Å². The van der Waals surface area contributed by atoms with Crippen LogP contribution in [0.4, 0.5) is 0 Å². The molecule has 6 rings (SSSR count). The van der Waals surface area contributed by atoms with Gasteiger partial charge in [-0.25, -0.2) is 9.79 Å². The molecular weight excluding hydrogens is 834 g/mol. The van der Waals surface area contributed by atoms with E-state index in [4.69, 9.17) is 14.5 Å². The van der Waals surface area contributed by atoms with E-state index in [0.717, 1.165) is 35.1 Å². The number of hydrogen-bond donors (Lipinski definition) is 0. The second-order valence-corrected chi connectivity index (χ2v) is 14.7. The molecule has 0 saturated heterocycles. The number of esters is 1. The van der Waals surface area contributed by atoms with Crippen molar-refractivity contribution in [2.45, 2.75) is 39.3 Å². The van der Waals surface area contributed by atoms with E-state index in [0.29, 0.717) is 33.1 Å². The highest BCUT2D eigenvalue weighted by molar-refractivity contribution is 14.1. The standard InChI is InChI=1S/C38H32I2N2O4S/c1-4-45-37(44)32-33(27-13-9-6-10-14-27)41-38-42(34(32)28-17-15-26(16-18-28)23(2)3)36(43)31(47-38)21-25-19-29(39)35(30(40)20-25)46-22-24-11-7-5-8-12-24/h5-21,23,34H,4,22H2,1-3H3/b31-21-/t34-/m1/s1. The van der Waals surface area contributed by atoms with Crippen LogP contribution in [0.1, 0.15) is 60.5 Å². The summed E-state index contributed by atoms with van der Waals surface area (Å²) in [4.78, 5) is 33.5. The van der Waals surface area contributed by atoms with Crippen LogP contribution in [0.2, 0.25) is 0 Å². The molecule has 1 aliphatic rings. The minimum Gasteiger partial charge on any atom is -0.487 e. The quantitative estimate of drug-likeness (QED) is 0.112. The summed E-state index contributed by atoms with van der Waals surface area (Å²) in [6, 6.07) is 31.1. The fraction of sp³-hybridized carbons (Fsp3) is 0.184. The molecule has 0 fully saturated rings. The summed E-state index contributed by atoms with van der Waals surface area (Å²) in [6.45, 7) is 6.73. The van der Waals surface area contributed by atoms with Gasteiger partial charge in [-0.05, 0) is 98.5 Å². The summed E-state index contributed by atoms with van der Waals surface area (Å²) >= 11 is 5.88. The van der Waals surface area contributed by atoms with E-state index in [1.54, 1.807) is 11.5 Å². The molecule has 0 bridgehead atoms. The Hall–Kier alpha value is -3.55. The van der Waals surface area contributed by atoms with Crippen LogP contribution in [0.25, 0.3) is 11.8 Å². The number of carbonyl (C=O) groups is 1. The number of nitrogens with zero attached hydrogens (tertiary/aromatic N) is 2. The molecule has 1 atom stereocenters. The normalized spacial score (nSPS) is 14.6. The zero-order valence-corrected chi connectivity index (χ0v) is 31.2. The Kier molecular flexibility index (Phi) is 10.4. The average molecular weight is 867 g/mol. The maximum absolute atomic E-state index is 14.3. The molecule has 238 valence electrons. The third-order valence-corrected chi connectivity index (χ3v) is 10.4. The van der Waals surface area contributed by atoms with Crippen LogP contribution >= 0.6 is 56.5 Å². The lowest BCUT2D eigenvalue weighted by Gasteiger charge is -2.26. The number of benzene rings is 4. The van der Waals surface area contributed by atoms with Crippen molar-refractivity contribution in [1.29, 1.82) is 0 Å². The van der Waals surface area contributed by atoms with E-state index < -0.39 is 12.0 Å². The van der Waals surface area contributed by atoms with Gasteiger partial charge in [0.2, 0.25) is 0 Å². The van der Waals surface area contributed by atoms with Crippen LogP contribution in [0.3, 0.4) is 0 Å². The van der Waals surface area contributed by atoms with Gasteiger partial charge in [-0.2, -0.15) is 0 Å². The van der Waals surface area contributed by atoms with E-state index in [9.17, 15) is 9.59 Å². The first-order valence-electron chi connectivity index (χ1n) is 15.3. The number of hydrogen-bond acceptors (Lipinski definition) is 6. The molecule has 6 nitrogen and oxygen atoms in total. The smallest absolute Gasteiger partial charge is 0.338 e. The Morgan fingerprint density at radius 3 is 2.21 bits per heavy atom. The van der Waals surface area contributed by atoms with Crippen LogP contribution < -0.4 is 19.6 Å². The highest BCUT2D eigenvalue weighted by Gasteiger charge is 2.35. The van der Waals surface area contributed by atoms with Crippen molar-refractivity contribution in [3.8, 4) is 5.75 Å². The largest absolute Gasteiger partial charge is 0.487 e. The number of carbonyl (C=O) groups excluding carboxylic acids is 1. The molecule has 0 unspecified atom stereocenters. The Bertz CT molecular complexity index is 2120. The predicted molar refractivity (Wildman–Crippen MR) is 204 cm³/mol. The third-order valence-electron chi connectivity index (χ3n) is 7.84. The van der Waals surface area contributed by atoms with Gasteiger partial charge in [0, 0.05) is 5.56 Å². The van der Waals surface area contributed by atoms with Gasteiger partial charge in [-0.15, -0.1) is 0 Å². The highest BCUT2D eigenvalue weighted by Crippen LogP contribution is 2.36. The van der Waals surface area contributed by atoms with Gasteiger partial charge in [0.25, 0.3) is 5.56 Å². The molecule has 0 radical (unpaired) electrons. The fourth-order valence-electron chi connectivity index (χ4n) is 5.50. The molecule has 0 amide bonds. The van der Waals surface area contributed by atoms with Crippen LogP contribution in [0.15, 0.2) is 112 Å². The van der Waals surface area contributed by atoms with Gasteiger partial charge in [0.15, 0.2) is 4.80 Å². The first kappa shape index (κ1) is 33.4. The summed E-state index contributed by atoms with van der Waals surface area (Å²) in [6.07, 6.45) is 1.89. The van der Waals surface area contributed by atoms with Crippen molar-refractivity contribution in [2.24, 2.45) is 4.99 Å². The molecular formula is C38H32I2N2O4S. The lowest BCUT2D eigenvalue weighted by molar-refractivity contribution is -0.138. The number of rotatable bonds is 9. The highest BCUT2D eigenvalue weighted by atomic mass is 127. The molecule has 1 aliphatic heterocycles. The van der Waals surface area contributed by atoms with Crippen molar-refractivity contribution < 1.29 is 14.3 Å². The zero-order chi connectivity index (χ0) is 33.1. The molecule has 0 aliphatic carbocycles. The van der Waals surface area contributed by atoms with Crippen molar-refractivity contribution in [3.63, 3.8) is 0 Å². The molecule has 0 N–H and O–H groups in total. The molecule has 2 heterocycles. The number of ether oxygens (including phenoxy) is 2. The van der Waals surface area contributed by atoms with E-state index in [1.165, 1.54) is 16.9 Å². The van der Waals surface area contributed by atoms with E-state index >= 15 is 0 Å². The topological polar surface area (TPSA) is 69.9 Å². The predicted octanol–water partition coefficient (Wildman–Crippen LogP) is 7.85. The van der Waals surface area contributed by atoms with Crippen molar-refractivity contribution in [3.05, 3.63) is 157 Å². The van der Waals surface area contributed by atoms with Crippen molar-refractivity contribution in [2.75, 3.05) is 6.61 Å². The number of fused-ring (bicyclic) bond motifs is 1. The molecule has 4 aromatic carbocycles. The minimum absolute atomic E-state index is 0.205. The number of thiazole rings is 1. The van der Waals surface area contributed by atoms with Gasteiger partial charge < -0.3 is 9.47 Å². The van der Waals surface area contributed by atoms with Gasteiger partial charge in [-0.3, -0.25) is 9.36 Å². The number of halogens is 2. The molecule has 9 heteroatoms. The van der Waals surface area contributed by atoms with Crippen LogP contribution in [-0.2, 0) is 16.1 Å². The SMILES string of the molecule is CCOC(=O)C1=C(c2ccccc2)N=c2s/c(=C\c3cc(I)c(OCc4ccccc4)c(I)c3)c(=O)n2[C@@H]1c1ccc(C(C)C)cc1. The Morgan fingerprint density at radius 2 is 1.60 bits per heavy atom. The maximum Gasteiger partial charge on any atom is 0.338 e. The summed E-state index contributed by atoms with van der Waals surface area (Å²) in [5.41, 5.74) is 5.39. The monoisotopic (exact) mass is 866 g/mol. The molecule has 47 heavy (non-hydrogen) atoms. The van der Waals surface area contributed by atoms with Crippen LogP contribution in [0, 0.1) is 7.14 Å². The second kappa shape index (κ2) is 14.7. The summed E-state index contributed by atoms with van der Waals surface area (Å²) in [7, 11) is 0. The average Bonchev–Trinajstić information content (AvgIpc) is 3.38. The Morgan fingerprint density at radius 1 is 0.957 bits per heavy atom. The lowest BCUT2D eigenvalue weighted by Crippen LogP contribution is -2.40. The third kappa shape index (κ3) is 7.17. The fourth-order valence-corrected chi connectivity index (χ4v) is 8.63. The zero-order valence-electron chi connectivity index (χ0n) is 26.1. The molecule has 5 aromatic rings. The lowest BCUT2D eigenvalue weighted by atomic mass is 9.91. The second-order valence-electron chi connectivity index (χ2n) is 11.3. The van der Waals surface area contributed by atoms with Gasteiger partial charge in [0.1, 0.15) is 12.4 Å². The molecule has 1 aromatic heterocycles. The van der Waals surface area contributed by atoms with Gasteiger partial charge in [-0.1, -0.05) is 110 Å². The first-order valence-corrected chi connectivity index (χ1v) is 18.3. The Labute approximate surface area is 304 Å². The van der Waals surface area contributed by atoms with E-state index in [-0.39, 0.29) is 12.2 Å². The van der Waals surface area contributed by atoms with Crippen LogP contribution in [-0.4, -0.2) is 17.1 Å². The number of aromatic nitrogens is 1. The van der Waals surface area contributed by atoms with Crippen molar-refractivity contribution >= 4 is 74.3 Å². The van der Waals surface area contributed by atoms with Crippen molar-refractivity contribution in [1.82, 2.24) is 4.57 Å². The van der Waals surface area contributed by atoms with Gasteiger partial charge >= 0.3 is 5.97 Å². The van der Waals surface area contributed by atoms with Gasteiger partial charge in [0.05, 0.1) is 35.6 Å². The summed E-state index contributed by atoms with van der Waals surface area (Å²) in [5, 5.41) is 0. The summed E-state index contributed by atoms with van der Waals surface area (Å²) in [5.74, 6) is 0.661. The van der Waals surface area contributed by atoms with E-state index in [1.807, 2.05) is 91.0 Å². The first-order chi connectivity index (χ1) is 22.7. The Balaban J connectivity index is 1.49. The molecule has 0 saturated carbocycles. The van der Waals surface area contributed by atoms with E-state index in [2.05, 4.69) is 71.2 Å². The summed E-state index contributed by atoms with van der Waals surface area (Å²) < 4.78 is 15.8. The minimum atomic E-state index is -0.710.